The van der Waals surface area contributed by atoms with E-state index in [1.807, 2.05) is 6.07 Å². The molecule has 1 saturated heterocycles. The number of ether oxygens (including phenoxy) is 2. The lowest BCUT2D eigenvalue weighted by atomic mass is 10.3. The van der Waals surface area contributed by atoms with Crippen molar-refractivity contribution < 1.29 is 17.9 Å². The smallest absolute Gasteiger partial charge is 0.244 e. The Labute approximate surface area is 169 Å². The van der Waals surface area contributed by atoms with Gasteiger partial charge in [-0.2, -0.15) is 5.10 Å². The number of sulfonamides is 1. The van der Waals surface area contributed by atoms with Crippen LogP contribution in [0.1, 0.15) is 0 Å². The Morgan fingerprint density at radius 1 is 1.25 bits per heavy atom. The van der Waals surface area contributed by atoms with Crippen molar-refractivity contribution in [1.29, 1.82) is 0 Å². The first-order valence-electron chi connectivity index (χ1n) is 8.72. The van der Waals surface area contributed by atoms with Gasteiger partial charge in [0.2, 0.25) is 10.0 Å². The average molecular weight is 428 g/mol. The molecule has 0 amide bonds. The first-order chi connectivity index (χ1) is 13.5. The summed E-state index contributed by atoms with van der Waals surface area (Å²) in [6, 6.07) is 6.32. The Balaban J connectivity index is 1.56. The number of halogens is 1. The van der Waals surface area contributed by atoms with E-state index in [-0.39, 0.29) is 17.2 Å². The molecule has 1 aliphatic rings. The lowest BCUT2D eigenvalue weighted by Crippen LogP contribution is -2.36. The molecule has 1 aromatic heterocycles. The summed E-state index contributed by atoms with van der Waals surface area (Å²) in [4.78, 5) is 2.16. The van der Waals surface area contributed by atoms with Crippen molar-refractivity contribution in [3.8, 4) is 5.75 Å². The van der Waals surface area contributed by atoms with Crippen LogP contribution in [0.5, 0.6) is 5.75 Å². The van der Waals surface area contributed by atoms with Gasteiger partial charge < -0.3 is 19.7 Å². The SMILES string of the molecule is COc1ccc(Cl)cc1S(=O)(=O)NCCNc1cc(N2CCOCC2)cnn1. The number of hydrogen-bond acceptors (Lipinski definition) is 8. The van der Waals surface area contributed by atoms with E-state index in [0.29, 0.717) is 30.6 Å². The molecule has 28 heavy (non-hydrogen) atoms. The Morgan fingerprint density at radius 2 is 2.04 bits per heavy atom. The molecule has 1 aliphatic heterocycles. The number of rotatable bonds is 8. The number of nitrogens with one attached hydrogen (secondary N) is 2. The number of hydrogen-bond donors (Lipinski definition) is 2. The second-order valence-corrected chi connectivity index (χ2v) is 8.19. The molecule has 2 aromatic rings. The number of nitrogens with zero attached hydrogens (tertiary/aromatic N) is 3. The minimum absolute atomic E-state index is 0.00314. The van der Waals surface area contributed by atoms with Crippen LogP contribution in [0.25, 0.3) is 0 Å². The van der Waals surface area contributed by atoms with Crippen molar-refractivity contribution in [3.05, 3.63) is 35.5 Å². The van der Waals surface area contributed by atoms with Crippen LogP contribution >= 0.6 is 11.6 Å². The summed E-state index contributed by atoms with van der Waals surface area (Å²) < 4.78 is 38.0. The van der Waals surface area contributed by atoms with Gasteiger partial charge in [-0.05, 0) is 18.2 Å². The van der Waals surface area contributed by atoms with Crippen LogP contribution in [0, 0.1) is 0 Å². The van der Waals surface area contributed by atoms with Gasteiger partial charge in [-0.1, -0.05) is 11.6 Å². The predicted octanol–water partition coefficient (Wildman–Crippen LogP) is 1.37. The zero-order chi connectivity index (χ0) is 20.0. The normalized spacial score (nSPS) is 14.7. The Bertz CT molecular complexity index is 906. The van der Waals surface area contributed by atoms with E-state index in [1.165, 1.54) is 19.2 Å². The molecule has 1 aromatic carbocycles. The topological polar surface area (TPSA) is 106 Å². The summed E-state index contributed by atoms with van der Waals surface area (Å²) in [6.45, 7) is 3.45. The number of anilines is 2. The second-order valence-electron chi connectivity index (χ2n) is 6.02. The maximum Gasteiger partial charge on any atom is 0.244 e. The summed E-state index contributed by atoms with van der Waals surface area (Å²) in [5.41, 5.74) is 0.949. The zero-order valence-electron chi connectivity index (χ0n) is 15.4. The molecule has 0 radical (unpaired) electrons. The van der Waals surface area contributed by atoms with E-state index in [1.54, 1.807) is 12.3 Å². The van der Waals surface area contributed by atoms with Crippen LogP contribution in [-0.4, -0.2) is 65.1 Å². The van der Waals surface area contributed by atoms with Crippen molar-refractivity contribution in [2.75, 3.05) is 56.7 Å². The van der Waals surface area contributed by atoms with Gasteiger partial charge in [-0.3, -0.25) is 0 Å². The first-order valence-corrected chi connectivity index (χ1v) is 10.6. The summed E-state index contributed by atoms with van der Waals surface area (Å²) >= 11 is 5.91. The molecule has 2 N–H and O–H groups in total. The van der Waals surface area contributed by atoms with Crippen molar-refractivity contribution >= 4 is 33.1 Å². The van der Waals surface area contributed by atoms with E-state index >= 15 is 0 Å². The Kier molecular flexibility index (Phi) is 6.89. The van der Waals surface area contributed by atoms with E-state index in [0.717, 1.165) is 18.8 Å². The van der Waals surface area contributed by atoms with Crippen LogP contribution in [0.4, 0.5) is 11.5 Å². The standard InChI is InChI=1S/C17H22ClN5O4S/c1-26-15-3-2-13(18)10-16(15)28(24,25)21-5-4-19-17-11-14(12-20-22-17)23-6-8-27-9-7-23/h2-3,10-12,21H,4-9H2,1H3,(H,19,22). The minimum atomic E-state index is -3.76. The molecule has 0 atom stereocenters. The largest absolute Gasteiger partial charge is 0.495 e. The monoisotopic (exact) mass is 427 g/mol. The maximum atomic E-state index is 12.5. The van der Waals surface area contributed by atoms with Gasteiger partial charge >= 0.3 is 0 Å². The molecular formula is C17H22ClN5O4S. The first kappa shape index (κ1) is 20.6. The van der Waals surface area contributed by atoms with E-state index in [4.69, 9.17) is 21.1 Å². The van der Waals surface area contributed by atoms with Gasteiger partial charge in [0, 0.05) is 37.3 Å². The van der Waals surface area contributed by atoms with Crippen molar-refractivity contribution in [2.45, 2.75) is 4.90 Å². The molecule has 0 saturated carbocycles. The van der Waals surface area contributed by atoms with Gasteiger partial charge in [0.05, 0.1) is 32.2 Å². The molecule has 0 spiro atoms. The third-order valence-corrected chi connectivity index (χ3v) is 5.87. The fraction of sp³-hybridized carbons (Fsp3) is 0.412. The molecule has 0 unspecified atom stereocenters. The fourth-order valence-corrected chi connectivity index (χ4v) is 4.21. The van der Waals surface area contributed by atoms with Crippen LogP contribution in [0.15, 0.2) is 35.4 Å². The van der Waals surface area contributed by atoms with Gasteiger partial charge in [0.15, 0.2) is 5.82 Å². The molecule has 9 nitrogen and oxygen atoms in total. The molecule has 11 heteroatoms. The van der Waals surface area contributed by atoms with Crippen molar-refractivity contribution in [3.63, 3.8) is 0 Å². The number of aromatic nitrogens is 2. The van der Waals surface area contributed by atoms with E-state index in [2.05, 4.69) is 25.1 Å². The highest BCUT2D eigenvalue weighted by molar-refractivity contribution is 7.89. The summed E-state index contributed by atoms with van der Waals surface area (Å²) in [6.07, 6.45) is 1.70. The van der Waals surface area contributed by atoms with Gasteiger partial charge in [-0.25, -0.2) is 13.1 Å². The summed E-state index contributed by atoms with van der Waals surface area (Å²) in [7, 11) is -2.36. The Hall–Kier alpha value is -2.14. The predicted molar refractivity (Wildman–Crippen MR) is 107 cm³/mol. The third-order valence-electron chi connectivity index (χ3n) is 4.15. The number of benzene rings is 1. The summed E-state index contributed by atoms with van der Waals surface area (Å²) in [5, 5.41) is 11.4. The van der Waals surface area contributed by atoms with Crippen LogP contribution in [0.2, 0.25) is 5.02 Å². The average Bonchev–Trinajstić information content (AvgIpc) is 2.72. The molecule has 0 bridgehead atoms. The Morgan fingerprint density at radius 3 is 2.79 bits per heavy atom. The quantitative estimate of drug-likeness (QED) is 0.608. The molecule has 1 fully saturated rings. The van der Waals surface area contributed by atoms with Crippen molar-refractivity contribution in [2.24, 2.45) is 0 Å². The van der Waals surface area contributed by atoms with E-state index < -0.39 is 10.0 Å². The molecular weight excluding hydrogens is 406 g/mol. The van der Waals surface area contributed by atoms with Crippen LogP contribution in [0.3, 0.4) is 0 Å². The lowest BCUT2D eigenvalue weighted by molar-refractivity contribution is 0.122. The third kappa shape index (κ3) is 5.22. The number of morpholine rings is 1. The van der Waals surface area contributed by atoms with Gasteiger partial charge in [0.25, 0.3) is 0 Å². The van der Waals surface area contributed by atoms with Crippen LogP contribution < -0.4 is 19.7 Å². The second kappa shape index (κ2) is 9.37. The highest BCUT2D eigenvalue weighted by Crippen LogP contribution is 2.26. The van der Waals surface area contributed by atoms with E-state index in [9.17, 15) is 8.42 Å². The van der Waals surface area contributed by atoms with Gasteiger partial charge in [-0.15, -0.1) is 5.10 Å². The zero-order valence-corrected chi connectivity index (χ0v) is 17.0. The fourth-order valence-electron chi connectivity index (χ4n) is 2.75. The molecule has 2 heterocycles. The lowest BCUT2D eigenvalue weighted by Gasteiger charge is -2.28. The minimum Gasteiger partial charge on any atom is -0.495 e. The molecule has 152 valence electrons. The molecule has 0 aliphatic carbocycles. The number of methoxy groups -OCH3 is 1. The van der Waals surface area contributed by atoms with Crippen LogP contribution in [-0.2, 0) is 14.8 Å². The summed E-state index contributed by atoms with van der Waals surface area (Å²) in [5.74, 6) is 0.803. The molecule has 3 rings (SSSR count). The highest BCUT2D eigenvalue weighted by atomic mass is 35.5. The highest BCUT2D eigenvalue weighted by Gasteiger charge is 2.19. The van der Waals surface area contributed by atoms with Crippen molar-refractivity contribution in [1.82, 2.24) is 14.9 Å². The maximum absolute atomic E-state index is 12.5. The van der Waals surface area contributed by atoms with Gasteiger partial charge in [0.1, 0.15) is 10.6 Å².